The molecule has 0 aromatic carbocycles. The maximum atomic E-state index is 11.6. The van der Waals surface area contributed by atoms with Crippen molar-refractivity contribution in [1.29, 1.82) is 0 Å². The van der Waals surface area contributed by atoms with Crippen LogP contribution < -0.4 is 5.32 Å². The number of hydrogen-bond acceptors (Lipinski definition) is 5. The Labute approximate surface area is 110 Å². The number of hydrogen-bond donors (Lipinski definition) is 1. The van der Waals surface area contributed by atoms with E-state index in [-0.39, 0.29) is 12.0 Å². The van der Waals surface area contributed by atoms with Gasteiger partial charge in [0.1, 0.15) is 6.04 Å². The van der Waals surface area contributed by atoms with Gasteiger partial charge in [0.2, 0.25) is 0 Å². The Morgan fingerprint density at radius 2 is 1.83 bits per heavy atom. The van der Waals surface area contributed by atoms with Gasteiger partial charge < -0.3 is 15.0 Å². The lowest BCUT2D eigenvalue weighted by molar-refractivity contribution is -0.143. The lowest BCUT2D eigenvalue weighted by Gasteiger charge is -2.35. The Bertz CT molecular complexity index is 240. The molecular formula is C13H27N3O2. The second-order valence-electron chi connectivity index (χ2n) is 4.78. The van der Waals surface area contributed by atoms with Gasteiger partial charge >= 0.3 is 5.97 Å². The van der Waals surface area contributed by atoms with Crippen LogP contribution in [0, 0.1) is 0 Å². The molecule has 1 saturated heterocycles. The number of carbonyl (C=O) groups excluding carboxylic acids is 1. The monoisotopic (exact) mass is 257 g/mol. The molecule has 1 heterocycles. The first kappa shape index (κ1) is 15.4. The third-order valence-electron chi connectivity index (χ3n) is 3.38. The van der Waals surface area contributed by atoms with Crippen LogP contribution in [0.15, 0.2) is 0 Å². The second kappa shape index (κ2) is 8.45. The zero-order chi connectivity index (χ0) is 13.4. The molecule has 0 saturated carbocycles. The van der Waals surface area contributed by atoms with E-state index in [9.17, 15) is 4.79 Å². The Morgan fingerprint density at radius 3 is 2.33 bits per heavy atom. The normalized spacial score (nSPS) is 19.7. The fourth-order valence-electron chi connectivity index (χ4n) is 2.38. The summed E-state index contributed by atoms with van der Waals surface area (Å²) in [5.41, 5.74) is 0. The van der Waals surface area contributed by atoms with E-state index in [0.29, 0.717) is 0 Å². The second-order valence-corrected chi connectivity index (χ2v) is 4.78. The molecule has 1 atom stereocenters. The number of rotatable bonds is 7. The SMILES string of the molecule is CCCN1CCN(CC(NCC)C(=O)OC)CC1. The van der Waals surface area contributed by atoms with Crippen LogP contribution in [-0.4, -0.2) is 74.7 Å². The minimum atomic E-state index is -0.197. The molecule has 0 spiro atoms. The predicted octanol–water partition coefficient (Wildman–Crippen LogP) is 0.165. The third-order valence-corrected chi connectivity index (χ3v) is 3.38. The van der Waals surface area contributed by atoms with Crippen LogP contribution in [0.2, 0.25) is 0 Å². The average Bonchev–Trinajstić information content (AvgIpc) is 2.40. The highest BCUT2D eigenvalue weighted by atomic mass is 16.5. The molecule has 0 aromatic heterocycles. The third kappa shape index (κ3) is 4.92. The van der Waals surface area contributed by atoms with Crippen molar-refractivity contribution in [1.82, 2.24) is 15.1 Å². The molecular weight excluding hydrogens is 230 g/mol. The first-order valence-corrected chi connectivity index (χ1v) is 6.97. The van der Waals surface area contributed by atoms with Gasteiger partial charge in [-0.15, -0.1) is 0 Å². The van der Waals surface area contributed by atoms with E-state index >= 15 is 0 Å². The fraction of sp³-hybridized carbons (Fsp3) is 0.923. The maximum absolute atomic E-state index is 11.6. The summed E-state index contributed by atoms with van der Waals surface area (Å²) in [7, 11) is 1.45. The number of carbonyl (C=O) groups is 1. The standard InChI is InChI=1S/C13H27N3O2/c1-4-6-15-7-9-16(10-8-15)11-12(14-5-2)13(17)18-3/h12,14H,4-11H2,1-3H3. The summed E-state index contributed by atoms with van der Waals surface area (Å²) in [4.78, 5) is 16.4. The van der Waals surface area contributed by atoms with E-state index in [1.165, 1.54) is 20.1 Å². The Balaban J connectivity index is 2.35. The maximum Gasteiger partial charge on any atom is 0.324 e. The summed E-state index contributed by atoms with van der Waals surface area (Å²) >= 11 is 0. The van der Waals surface area contributed by atoms with Crippen molar-refractivity contribution in [3.63, 3.8) is 0 Å². The molecule has 0 aromatic rings. The Morgan fingerprint density at radius 1 is 1.22 bits per heavy atom. The van der Waals surface area contributed by atoms with E-state index in [1.807, 2.05) is 6.92 Å². The first-order chi connectivity index (χ1) is 8.71. The number of nitrogens with one attached hydrogen (secondary N) is 1. The molecule has 1 N–H and O–H groups in total. The van der Waals surface area contributed by atoms with Gasteiger partial charge in [-0.1, -0.05) is 13.8 Å². The summed E-state index contributed by atoms with van der Waals surface area (Å²) in [6.07, 6.45) is 1.21. The predicted molar refractivity (Wildman–Crippen MR) is 72.7 cm³/mol. The number of methoxy groups -OCH3 is 1. The molecule has 0 radical (unpaired) electrons. The van der Waals surface area contributed by atoms with Crippen LogP contribution in [0.4, 0.5) is 0 Å². The van der Waals surface area contributed by atoms with Crippen LogP contribution in [0.25, 0.3) is 0 Å². The molecule has 0 amide bonds. The minimum Gasteiger partial charge on any atom is -0.468 e. The molecule has 5 heteroatoms. The number of piperazine rings is 1. The van der Waals surface area contributed by atoms with Crippen molar-refractivity contribution in [3.05, 3.63) is 0 Å². The Hall–Kier alpha value is -0.650. The molecule has 5 nitrogen and oxygen atoms in total. The van der Waals surface area contributed by atoms with Gasteiger partial charge in [0.25, 0.3) is 0 Å². The van der Waals surface area contributed by atoms with Crippen LogP contribution in [-0.2, 0) is 9.53 Å². The van der Waals surface area contributed by atoms with Crippen LogP contribution in [0.5, 0.6) is 0 Å². The van der Waals surface area contributed by atoms with Crippen molar-refractivity contribution in [3.8, 4) is 0 Å². The fourth-order valence-corrected chi connectivity index (χ4v) is 2.38. The van der Waals surface area contributed by atoms with Crippen LogP contribution in [0.1, 0.15) is 20.3 Å². The molecule has 1 aliphatic rings. The number of esters is 1. The largest absolute Gasteiger partial charge is 0.468 e. The molecule has 106 valence electrons. The molecule has 1 fully saturated rings. The van der Waals surface area contributed by atoms with E-state index in [2.05, 4.69) is 22.0 Å². The smallest absolute Gasteiger partial charge is 0.324 e. The van der Waals surface area contributed by atoms with Gasteiger partial charge in [-0.3, -0.25) is 9.69 Å². The lowest BCUT2D eigenvalue weighted by Crippen LogP contribution is -2.53. The summed E-state index contributed by atoms with van der Waals surface area (Å²) in [5.74, 6) is -0.159. The number of nitrogens with zero attached hydrogens (tertiary/aromatic N) is 2. The molecule has 18 heavy (non-hydrogen) atoms. The van der Waals surface area contributed by atoms with E-state index in [1.54, 1.807) is 0 Å². The lowest BCUT2D eigenvalue weighted by atomic mass is 10.2. The van der Waals surface area contributed by atoms with Crippen molar-refractivity contribution in [2.75, 3.05) is 52.9 Å². The van der Waals surface area contributed by atoms with Crippen molar-refractivity contribution >= 4 is 5.97 Å². The topological polar surface area (TPSA) is 44.8 Å². The number of likely N-dealkylation sites (N-methyl/N-ethyl adjacent to an activating group) is 1. The van der Waals surface area contributed by atoms with Gasteiger partial charge in [0, 0.05) is 32.7 Å². The van der Waals surface area contributed by atoms with Gasteiger partial charge in [0.05, 0.1) is 7.11 Å². The van der Waals surface area contributed by atoms with E-state index < -0.39 is 0 Å². The molecule has 1 unspecified atom stereocenters. The highest BCUT2D eigenvalue weighted by molar-refractivity contribution is 5.75. The molecule has 1 rings (SSSR count). The van der Waals surface area contributed by atoms with Crippen molar-refractivity contribution in [2.45, 2.75) is 26.3 Å². The molecule has 1 aliphatic heterocycles. The highest BCUT2D eigenvalue weighted by Gasteiger charge is 2.23. The Kier molecular flexibility index (Phi) is 7.23. The first-order valence-electron chi connectivity index (χ1n) is 6.97. The summed E-state index contributed by atoms with van der Waals surface area (Å²) < 4.78 is 4.83. The summed E-state index contributed by atoms with van der Waals surface area (Å²) in [5, 5.41) is 3.19. The van der Waals surface area contributed by atoms with Crippen LogP contribution >= 0.6 is 0 Å². The van der Waals surface area contributed by atoms with Crippen LogP contribution in [0.3, 0.4) is 0 Å². The van der Waals surface area contributed by atoms with Gasteiger partial charge in [0.15, 0.2) is 0 Å². The average molecular weight is 257 g/mol. The van der Waals surface area contributed by atoms with Crippen molar-refractivity contribution < 1.29 is 9.53 Å². The zero-order valence-corrected chi connectivity index (χ0v) is 11.9. The minimum absolute atomic E-state index is 0.159. The van der Waals surface area contributed by atoms with Gasteiger partial charge in [-0.25, -0.2) is 0 Å². The summed E-state index contributed by atoms with van der Waals surface area (Å²) in [6.45, 7) is 11.2. The quantitative estimate of drug-likeness (QED) is 0.659. The highest BCUT2D eigenvalue weighted by Crippen LogP contribution is 2.04. The molecule has 0 bridgehead atoms. The number of ether oxygens (including phenoxy) is 1. The van der Waals surface area contributed by atoms with Crippen molar-refractivity contribution in [2.24, 2.45) is 0 Å². The zero-order valence-electron chi connectivity index (χ0n) is 11.9. The summed E-state index contributed by atoms with van der Waals surface area (Å²) in [6, 6.07) is -0.197. The van der Waals surface area contributed by atoms with Gasteiger partial charge in [-0.05, 0) is 19.5 Å². The van der Waals surface area contributed by atoms with Gasteiger partial charge in [-0.2, -0.15) is 0 Å². The van der Waals surface area contributed by atoms with E-state index in [0.717, 1.165) is 39.3 Å². The molecule has 0 aliphatic carbocycles. The van der Waals surface area contributed by atoms with E-state index in [4.69, 9.17) is 4.74 Å².